The molecule has 1 atom stereocenters. The number of anilines is 1. The summed E-state index contributed by atoms with van der Waals surface area (Å²) in [5.41, 5.74) is 8.42. The average molecular weight is 392 g/mol. The van der Waals surface area contributed by atoms with Crippen LogP contribution in [0.1, 0.15) is 70.7 Å². The van der Waals surface area contributed by atoms with Crippen molar-refractivity contribution < 1.29 is 4.52 Å². The number of nitrogens with zero attached hydrogens (tertiary/aromatic N) is 4. The Balaban J connectivity index is 1.68. The Labute approximate surface area is 172 Å². The summed E-state index contributed by atoms with van der Waals surface area (Å²) in [6.07, 6.45) is 8.17. The van der Waals surface area contributed by atoms with Gasteiger partial charge in [-0.05, 0) is 36.8 Å². The molecule has 0 bridgehead atoms. The van der Waals surface area contributed by atoms with Crippen molar-refractivity contribution in [2.75, 3.05) is 5.73 Å². The van der Waals surface area contributed by atoms with Gasteiger partial charge in [0.2, 0.25) is 11.8 Å². The fraction of sp³-hybridized carbons (Fsp3) is 0.478. The lowest BCUT2D eigenvalue weighted by molar-refractivity contribution is 0.287. The highest BCUT2D eigenvalue weighted by Gasteiger charge is 2.41. The zero-order chi connectivity index (χ0) is 20.6. The number of nitrogens with two attached hydrogens (primary N) is 1. The van der Waals surface area contributed by atoms with Gasteiger partial charge in [-0.1, -0.05) is 63.0 Å². The van der Waals surface area contributed by atoms with E-state index >= 15 is 0 Å². The van der Waals surface area contributed by atoms with Gasteiger partial charge in [0.05, 0.1) is 5.41 Å². The third-order valence-electron chi connectivity index (χ3n) is 6.76. The fourth-order valence-corrected chi connectivity index (χ4v) is 4.27. The van der Waals surface area contributed by atoms with Gasteiger partial charge in [0, 0.05) is 23.4 Å². The maximum atomic E-state index is 5.78. The molecule has 1 aliphatic rings. The normalized spacial score (nSPS) is 18.1. The SMILES string of the molecule is CC(C)C(C)(c1ccc(-c2cnc(N)nc2)cc1)c1noc(C2(C)CCCC2)n1. The highest BCUT2D eigenvalue weighted by Crippen LogP contribution is 2.42. The summed E-state index contributed by atoms with van der Waals surface area (Å²) in [6.45, 7) is 8.85. The van der Waals surface area contributed by atoms with Crippen LogP contribution in [0.25, 0.3) is 11.1 Å². The van der Waals surface area contributed by atoms with Gasteiger partial charge in [-0.25, -0.2) is 9.97 Å². The molecule has 1 fully saturated rings. The van der Waals surface area contributed by atoms with E-state index in [4.69, 9.17) is 15.2 Å². The number of nitrogen functional groups attached to an aromatic ring is 1. The molecule has 0 saturated heterocycles. The van der Waals surface area contributed by atoms with Crippen LogP contribution < -0.4 is 5.73 Å². The lowest BCUT2D eigenvalue weighted by Crippen LogP contribution is -2.32. The van der Waals surface area contributed by atoms with Crippen molar-refractivity contribution in [3.05, 3.63) is 53.9 Å². The minimum Gasteiger partial charge on any atom is -0.368 e. The Morgan fingerprint density at radius 3 is 2.24 bits per heavy atom. The van der Waals surface area contributed by atoms with Crippen LogP contribution in [0.3, 0.4) is 0 Å². The van der Waals surface area contributed by atoms with E-state index in [0.29, 0.717) is 5.92 Å². The Kier molecular flexibility index (Phi) is 4.89. The monoisotopic (exact) mass is 391 g/mol. The minimum absolute atomic E-state index is 0.0160. The summed E-state index contributed by atoms with van der Waals surface area (Å²) in [6, 6.07) is 8.45. The van der Waals surface area contributed by atoms with Crippen LogP contribution in [0, 0.1) is 5.92 Å². The van der Waals surface area contributed by atoms with E-state index in [1.165, 1.54) is 12.8 Å². The topological polar surface area (TPSA) is 90.7 Å². The maximum absolute atomic E-state index is 5.78. The predicted molar refractivity (Wildman–Crippen MR) is 113 cm³/mol. The summed E-state index contributed by atoms with van der Waals surface area (Å²) >= 11 is 0. The van der Waals surface area contributed by atoms with Crippen molar-refractivity contribution in [3.8, 4) is 11.1 Å². The summed E-state index contributed by atoms with van der Waals surface area (Å²) < 4.78 is 5.78. The van der Waals surface area contributed by atoms with Crippen molar-refractivity contribution in [1.82, 2.24) is 20.1 Å². The van der Waals surface area contributed by atoms with Crippen LogP contribution in [0.5, 0.6) is 0 Å². The van der Waals surface area contributed by atoms with Gasteiger partial charge in [-0.15, -0.1) is 0 Å². The summed E-state index contributed by atoms with van der Waals surface area (Å²) in [5, 5.41) is 4.45. The van der Waals surface area contributed by atoms with Crippen molar-refractivity contribution in [3.63, 3.8) is 0 Å². The van der Waals surface area contributed by atoms with Gasteiger partial charge >= 0.3 is 0 Å². The first-order chi connectivity index (χ1) is 13.8. The standard InChI is InChI=1S/C23H29N5O/c1-15(2)23(4,19-27-20(29-28-19)22(3)11-5-6-12-22)18-9-7-16(8-10-18)17-13-25-21(24)26-14-17/h7-10,13-15H,5-6,11-12H2,1-4H3,(H2,24,25,26). The van der Waals surface area contributed by atoms with Gasteiger partial charge in [-0.3, -0.25) is 0 Å². The van der Waals surface area contributed by atoms with Crippen LogP contribution in [-0.4, -0.2) is 20.1 Å². The Morgan fingerprint density at radius 1 is 1.03 bits per heavy atom. The largest absolute Gasteiger partial charge is 0.368 e. The molecule has 2 aromatic heterocycles. The van der Waals surface area contributed by atoms with Crippen molar-refractivity contribution in [1.29, 1.82) is 0 Å². The fourth-order valence-electron chi connectivity index (χ4n) is 4.27. The van der Waals surface area contributed by atoms with Gasteiger partial charge in [0.15, 0.2) is 5.82 Å². The van der Waals surface area contributed by atoms with E-state index in [0.717, 1.165) is 41.2 Å². The van der Waals surface area contributed by atoms with Crippen molar-refractivity contribution in [2.24, 2.45) is 5.92 Å². The highest BCUT2D eigenvalue weighted by molar-refractivity contribution is 5.62. The van der Waals surface area contributed by atoms with E-state index < -0.39 is 0 Å². The van der Waals surface area contributed by atoms with E-state index in [1.54, 1.807) is 12.4 Å². The van der Waals surface area contributed by atoms with Crippen LogP contribution in [0.15, 0.2) is 41.2 Å². The Bertz CT molecular complexity index is 971. The van der Waals surface area contributed by atoms with E-state index in [-0.39, 0.29) is 16.8 Å². The molecule has 2 heterocycles. The molecule has 2 N–H and O–H groups in total. The first-order valence-electron chi connectivity index (χ1n) is 10.4. The zero-order valence-electron chi connectivity index (χ0n) is 17.6. The smallest absolute Gasteiger partial charge is 0.232 e. The molecule has 6 nitrogen and oxygen atoms in total. The molecule has 152 valence electrons. The van der Waals surface area contributed by atoms with E-state index in [2.05, 4.69) is 67.1 Å². The third kappa shape index (κ3) is 3.41. The van der Waals surface area contributed by atoms with Crippen LogP contribution in [0.2, 0.25) is 0 Å². The van der Waals surface area contributed by atoms with Gasteiger partial charge in [0.25, 0.3) is 0 Å². The number of aromatic nitrogens is 4. The quantitative estimate of drug-likeness (QED) is 0.665. The van der Waals surface area contributed by atoms with Crippen LogP contribution in [0.4, 0.5) is 5.95 Å². The van der Waals surface area contributed by atoms with Gasteiger partial charge in [-0.2, -0.15) is 4.98 Å². The molecule has 29 heavy (non-hydrogen) atoms. The van der Waals surface area contributed by atoms with Crippen molar-refractivity contribution >= 4 is 5.95 Å². The number of benzene rings is 1. The molecular formula is C23H29N5O. The molecular weight excluding hydrogens is 362 g/mol. The first kappa shape index (κ1) is 19.6. The van der Waals surface area contributed by atoms with Gasteiger partial charge < -0.3 is 10.3 Å². The third-order valence-corrected chi connectivity index (χ3v) is 6.76. The minimum atomic E-state index is -0.340. The number of hydrogen-bond donors (Lipinski definition) is 1. The van der Waals surface area contributed by atoms with E-state index in [9.17, 15) is 0 Å². The van der Waals surface area contributed by atoms with Gasteiger partial charge in [0.1, 0.15) is 0 Å². The molecule has 4 rings (SSSR count). The number of hydrogen-bond acceptors (Lipinski definition) is 6. The molecule has 0 radical (unpaired) electrons. The average Bonchev–Trinajstić information content (AvgIpc) is 3.38. The molecule has 1 unspecified atom stereocenters. The first-order valence-corrected chi connectivity index (χ1v) is 10.4. The molecule has 0 spiro atoms. The molecule has 0 aliphatic heterocycles. The zero-order valence-corrected chi connectivity index (χ0v) is 17.6. The summed E-state index contributed by atoms with van der Waals surface area (Å²) in [7, 11) is 0. The van der Waals surface area contributed by atoms with Crippen LogP contribution >= 0.6 is 0 Å². The summed E-state index contributed by atoms with van der Waals surface area (Å²) in [4.78, 5) is 13.1. The molecule has 1 saturated carbocycles. The Morgan fingerprint density at radius 2 is 1.66 bits per heavy atom. The second kappa shape index (κ2) is 7.25. The maximum Gasteiger partial charge on any atom is 0.232 e. The number of rotatable bonds is 5. The Hall–Kier alpha value is -2.76. The molecule has 3 aromatic rings. The lowest BCUT2D eigenvalue weighted by Gasteiger charge is -2.31. The van der Waals surface area contributed by atoms with Crippen molar-refractivity contribution in [2.45, 2.75) is 64.2 Å². The highest BCUT2D eigenvalue weighted by atomic mass is 16.5. The van der Waals surface area contributed by atoms with Crippen LogP contribution in [-0.2, 0) is 10.8 Å². The second-order valence-corrected chi connectivity index (χ2v) is 8.96. The molecule has 0 amide bonds. The molecule has 1 aromatic carbocycles. The lowest BCUT2D eigenvalue weighted by atomic mass is 9.72. The van der Waals surface area contributed by atoms with E-state index in [1.807, 2.05) is 0 Å². The predicted octanol–water partition coefficient (Wildman–Crippen LogP) is 4.90. The molecule has 1 aliphatic carbocycles. The second-order valence-electron chi connectivity index (χ2n) is 8.96. The molecule has 6 heteroatoms. The summed E-state index contributed by atoms with van der Waals surface area (Å²) in [5.74, 6) is 2.13.